The Morgan fingerprint density at radius 3 is 2.79 bits per heavy atom. The van der Waals surface area contributed by atoms with Gasteiger partial charge in [0.25, 0.3) is 0 Å². The van der Waals surface area contributed by atoms with Gasteiger partial charge in [0, 0.05) is 11.8 Å². The van der Waals surface area contributed by atoms with Crippen LogP contribution < -0.4 is 0 Å². The number of nitrogens with zero attached hydrogens (tertiary/aromatic N) is 3. The lowest BCUT2D eigenvalue weighted by Crippen LogP contribution is -2.23. The van der Waals surface area contributed by atoms with E-state index in [4.69, 9.17) is 0 Å². The second-order valence-electron chi connectivity index (χ2n) is 5.42. The van der Waals surface area contributed by atoms with Gasteiger partial charge in [0.1, 0.15) is 6.33 Å². The molecule has 19 heavy (non-hydrogen) atoms. The first-order valence-corrected chi connectivity index (χ1v) is 6.82. The van der Waals surface area contributed by atoms with Gasteiger partial charge in [-0.15, -0.1) is 0 Å². The van der Waals surface area contributed by atoms with E-state index in [2.05, 4.69) is 10.1 Å². The molecule has 0 aromatic carbocycles. The Bertz CT molecular complexity index is 573. The van der Waals surface area contributed by atoms with Crippen molar-refractivity contribution in [1.82, 2.24) is 14.6 Å². The van der Waals surface area contributed by atoms with Crippen LogP contribution in [0.1, 0.15) is 43.0 Å². The monoisotopic (exact) mass is 261 g/mol. The molecule has 0 saturated heterocycles. The third kappa shape index (κ3) is 2.24. The van der Waals surface area contributed by atoms with Crippen LogP contribution in [-0.4, -0.2) is 30.9 Å². The van der Waals surface area contributed by atoms with Crippen LogP contribution in [0.5, 0.6) is 0 Å². The molecule has 2 aromatic heterocycles. The Labute approximate surface area is 111 Å². The number of hydrogen-bond acceptors (Lipinski definition) is 4. The van der Waals surface area contributed by atoms with Crippen molar-refractivity contribution in [3.8, 4) is 0 Å². The highest BCUT2D eigenvalue weighted by Crippen LogP contribution is 2.36. The lowest BCUT2D eigenvalue weighted by atomic mass is 9.81. The predicted octanol–water partition coefficient (Wildman–Crippen LogP) is 1.62. The minimum atomic E-state index is -0.498. The van der Waals surface area contributed by atoms with E-state index in [1.54, 1.807) is 4.52 Å². The molecular weight excluding hydrogens is 242 g/mol. The van der Waals surface area contributed by atoms with Crippen LogP contribution in [-0.2, 0) is 0 Å². The van der Waals surface area contributed by atoms with Gasteiger partial charge in [0.05, 0.1) is 23.4 Å². The zero-order valence-corrected chi connectivity index (χ0v) is 11.0. The molecule has 1 unspecified atom stereocenters. The molecular formula is C14H19N3O2. The van der Waals surface area contributed by atoms with E-state index < -0.39 is 6.10 Å². The number of fused-ring (bicyclic) bond motifs is 1. The average molecular weight is 261 g/mol. The summed E-state index contributed by atoms with van der Waals surface area (Å²) in [5, 5.41) is 24.3. The van der Waals surface area contributed by atoms with Gasteiger partial charge in [-0.3, -0.25) is 0 Å². The Balaban J connectivity index is 1.91. The summed E-state index contributed by atoms with van der Waals surface area (Å²) in [6.45, 7) is 1.93. The molecule has 2 aromatic rings. The first kappa shape index (κ1) is 12.6. The topological polar surface area (TPSA) is 70.7 Å². The Kier molecular flexibility index (Phi) is 3.24. The van der Waals surface area contributed by atoms with Crippen LogP contribution in [0.2, 0.25) is 0 Å². The Morgan fingerprint density at radius 2 is 2.05 bits per heavy atom. The van der Waals surface area contributed by atoms with E-state index in [-0.39, 0.29) is 12.0 Å². The predicted molar refractivity (Wildman–Crippen MR) is 70.6 cm³/mol. The summed E-state index contributed by atoms with van der Waals surface area (Å²) in [5.41, 5.74) is 2.69. The summed E-state index contributed by atoms with van der Waals surface area (Å²) in [7, 11) is 0. The normalized spacial score (nSPS) is 25.6. The van der Waals surface area contributed by atoms with Gasteiger partial charge in [-0.05, 0) is 44.6 Å². The molecule has 0 bridgehead atoms. The quantitative estimate of drug-likeness (QED) is 0.862. The highest BCUT2D eigenvalue weighted by Gasteiger charge is 2.28. The number of aliphatic hydroxyl groups excluding tert-OH is 2. The maximum atomic E-state index is 10.6. The first-order valence-electron chi connectivity index (χ1n) is 6.82. The van der Waals surface area contributed by atoms with Gasteiger partial charge >= 0.3 is 0 Å². The molecule has 2 N–H and O–H groups in total. The first-order chi connectivity index (χ1) is 9.16. The smallest absolute Gasteiger partial charge is 0.136 e. The van der Waals surface area contributed by atoms with E-state index in [0.29, 0.717) is 0 Å². The molecule has 0 aliphatic heterocycles. The molecule has 1 saturated carbocycles. The summed E-state index contributed by atoms with van der Waals surface area (Å²) >= 11 is 0. The van der Waals surface area contributed by atoms with Crippen molar-refractivity contribution in [2.45, 2.75) is 44.8 Å². The fourth-order valence-corrected chi connectivity index (χ4v) is 3.05. The molecule has 5 nitrogen and oxygen atoms in total. The van der Waals surface area contributed by atoms with E-state index in [1.165, 1.54) is 6.33 Å². The minimum absolute atomic E-state index is 0.195. The Morgan fingerprint density at radius 1 is 1.32 bits per heavy atom. The minimum Gasteiger partial charge on any atom is -0.393 e. The van der Waals surface area contributed by atoms with Crippen LogP contribution in [0.3, 0.4) is 0 Å². The fraction of sp³-hybridized carbons (Fsp3) is 0.571. The molecule has 5 heteroatoms. The maximum absolute atomic E-state index is 10.6. The molecule has 102 valence electrons. The highest BCUT2D eigenvalue weighted by molar-refractivity contribution is 5.59. The fourth-order valence-electron chi connectivity index (χ4n) is 3.05. The van der Waals surface area contributed by atoms with E-state index in [9.17, 15) is 10.2 Å². The summed E-state index contributed by atoms with van der Waals surface area (Å²) in [4.78, 5) is 4.20. The second kappa shape index (κ2) is 4.90. The molecule has 3 rings (SSSR count). The number of hydrogen-bond donors (Lipinski definition) is 2. The largest absolute Gasteiger partial charge is 0.393 e. The number of aromatic nitrogens is 3. The average Bonchev–Trinajstić information content (AvgIpc) is 2.84. The number of aliphatic hydroxyl groups is 2. The lowest BCUT2D eigenvalue weighted by molar-refractivity contribution is 0.0421. The van der Waals surface area contributed by atoms with Crippen LogP contribution in [0.4, 0.5) is 0 Å². The lowest BCUT2D eigenvalue weighted by Gasteiger charge is -2.29. The zero-order valence-electron chi connectivity index (χ0n) is 11.0. The van der Waals surface area contributed by atoms with Crippen LogP contribution in [0.15, 0.2) is 18.6 Å². The molecule has 0 radical (unpaired) electrons. The van der Waals surface area contributed by atoms with Gasteiger partial charge in [-0.2, -0.15) is 5.10 Å². The van der Waals surface area contributed by atoms with E-state index in [1.807, 2.05) is 19.2 Å². The number of rotatable bonds is 2. The van der Waals surface area contributed by atoms with Crippen molar-refractivity contribution in [2.24, 2.45) is 5.92 Å². The van der Waals surface area contributed by atoms with Gasteiger partial charge in [0.2, 0.25) is 0 Å². The Hall–Kier alpha value is -1.46. The van der Waals surface area contributed by atoms with Gasteiger partial charge in [0.15, 0.2) is 0 Å². The third-order valence-electron chi connectivity index (χ3n) is 4.17. The van der Waals surface area contributed by atoms with Gasteiger partial charge in [-0.25, -0.2) is 9.50 Å². The molecule has 1 atom stereocenters. The third-order valence-corrected chi connectivity index (χ3v) is 4.17. The highest BCUT2D eigenvalue weighted by atomic mass is 16.3. The molecule has 1 fully saturated rings. The van der Waals surface area contributed by atoms with Crippen molar-refractivity contribution >= 4 is 5.52 Å². The van der Waals surface area contributed by atoms with Crippen molar-refractivity contribution in [3.05, 3.63) is 29.8 Å². The summed E-state index contributed by atoms with van der Waals surface area (Å²) in [5.74, 6) is 0.217. The summed E-state index contributed by atoms with van der Waals surface area (Å²) < 4.78 is 1.76. The van der Waals surface area contributed by atoms with E-state index >= 15 is 0 Å². The van der Waals surface area contributed by atoms with Crippen molar-refractivity contribution in [1.29, 1.82) is 0 Å². The standard InChI is InChI=1S/C14H19N3O2/c1-9-13-12(6-7-17(13)16-8-15-9)14(19)10-2-4-11(18)5-3-10/h6-8,10-11,14,18-19H,2-5H2,1H3. The zero-order chi connectivity index (χ0) is 13.4. The van der Waals surface area contributed by atoms with Crippen molar-refractivity contribution < 1.29 is 10.2 Å². The van der Waals surface area contributed by atoms with Crippen LogP contribution >= 0.6 is 0 Å². The number of aryl methyl sites for hydroxylation is 1. The van der Waals surface area contributed by atoms with Gasteiger partial charge in [-0.1, -0.05) is 0 Å². The van der Waals surface area contributed by atoms with E-state index in [0.717, 1.165) is 42.5 Å². The molecule has 1 aliphatic carbocycles. The van der Waals surface area contributed by atoms with Crippen molar-refractivity contribution in [3.63, 3.8) is 0 Å². The second-order valence-corrected chi connectivity index (χ2v) is 5.42. The maximum Gasteiger partial charge on any atom is 0.136 e. The summed E-state index contributed by atoms with van der Waals surface area (Å²) in [6, 6.07) is 1.92. The van der Waals surface area contributed by atoms with Crippen LogP contribution in [0.25, 0.3) is 5.52 Å². The molecule has 0 amide bonds. The van der Waals surface area contributed by atoms with Crippen LogP contribution in [0, 0.1) is 12.8 Å². The summed E-state index contributed by atoms with van der Waals surface area (Å²) in [6.07, 6.45) is 5.99. The van der Waals surface area contributed by atoms with Crippen molar-refractivity contribution in [2.75, 3.05) is 0 Å². The molecule has 1 aliphatic rings. The van der Waals surface area contributed by atoms with Gasteiger partial charge < -0.3 is 10.2 Å². The molecule has 2 heterocycles. The molecule has 0 spiro atoms. The SMILES string of the molecule is Cc1ncnn2ccc(C(O)C3CCC(O)CC3)c12.